The number of aromatic nitrogens is 2. The summed E-state index contributed by atoms with van der Waals surface area (Å²) >= 11 is 11.3. The highest BCUT2D eigenvalue weighted by molar-refractivity contribution is 7.71. The second kappa shape index (κ2) is 5.97. The molecule has 4 nitrogen and oxygen atoms in total. The van der Waals surface area contributed by atoms with Crippen LogP contribution in [0.4, 0.5) is 0 Å². The molecule has 3 rings (SSSR count). The number of aromatic amines is 1. The highest BCUT2D eigenvalue weighted by atomic mass is 35.5. The monoisotopic (exact) mass is 320 g/mol. The molecule has 0 aliphatic carbocycles. The molecule has 108 valence electrons. The lowest BCUT2D eigenvalue weighted by molar-refractivity contribution is 0.128. The van der Waals surface area contributed by atoms with E-state index in [1.165, 1.54) is 0 Å². The number of furan rings is 1. The molecule has 0 fully saturated rings. The number of H-pyrrole nitrogens is 1. The highest BCUT2D eigenvalue weighted by Crippen LogP contribution is 2.31. The van der Waals surface area contributed by atoms with Crippen molar-refractivity contribution in [3.05, 3.63) is 45.8 Å². The third-order valence-electron chi connectivity index (χ3n) is 3.00. The number of nitrogens with one attached hydrogen (secondary N) is 1. The van der Waals surface area contributed by atoms with Gasteiger partial charge in [0.1, 0.15) is 17.1 Å². The van der Waals surface area contributed by atoms with E-state index in [2.05, 4.69) is 9.97 Å². The lowest BCUT2D eigenvalue weighted by Gasteiger charge is -2.04. The largest absolute Gasteiger partial charge is 0.453 e. The Hall–Kier alpha value is -1.69. The molecule has 0 saturated heterocycles. The van der Waals surface area contributed by atoms with Gasteiger partial charge in [-0.15, -0.1) is 0 Å². The third-order valence-corrected chi connectivity index (χ3v) is 3.50. The van der Waals surface area contributed by atoms with E-state index in [0.717, 1.165) is 11.1 Å². The molecule has 0 unspecified atom stereocenters. The number of para-hydroxylation sites is 1. The van der Waals surface area contributed by atoms with Gasteiger partial charge in [-0.05, 0) is 19.1 Å². The fourth-order valence-electron chi connectivity index (χ4n) is 2.07. The van der Waals surface area contributed by atoms with E-state index in [-0.39, 0.29) is 0 Å². The van der Waals surface area contributed by atoms with Crippen LogP contribution in [0, 0.1) is 4.64 Å². The van der Waals surface area contributed by atoms with E-state index in [0.29, 0.717) is 40.0 Å². The van der Waals surface area contributed by atoms with Crippen LogP contribution >= 0.6 is 23.8 Å². The van der Waals surface area contributed by atoms with Crippen LogP contribution in [-0.4, -0.2) is 16.6 Å². The minimum absolute atomic E-state index is 0.384. The third kappa shape index (κ3) is 3.00. The molecule has 0 aliphatic rings. The average Bonchev–Trinajstić information content (AvgIpc) is 2.90. The van der Waals surface area contributed by atoms with Crippen LogP contribution < -0.4 is 0 Å². The minimum Gasteiger partial charge on any atom is -0.453 e. The van der Waals surface area contributed by atoms with Crippen molar-refractivity contribution >= 4 is 34.8 Å². The Bertz CT molecular complexity index is 841. The Balaban J connectivity index is 2.07. The molecule has 2 heterocycles. The normalized spacial score (nSPS) is 11.1. The fraction of sp³-hybridized carbons (Fsp3) is 0.200. The van der Waals surface area contributed by atoms with Crippen LogP contribution in [0.1, 0.15) is 12.7 Å². The molecule has 0 aliphatic heterocycles. The molecule has 0 spiro atoms. The van der Waals surface area contributed by atoms with E-state index in [4.69, 9.17) is 33.0 Å². The van der Waals surface area contributed by atoms with Crippen LogP contribution in [-0.2, 0) is 11.3 Å². The van der Waals surface area contributed by atoms with E-state index in [9.17, 15) is 0 Å². The lowest BCUT2D eigenvalue weighted by atomic mass is 10.2. The molecule has 0 radical (unpaired) electrons. The van der Waals surface area contributed by atoms with Crippen molar-refractivity contribution in [1.29, 1.82) is 0 Å². The summed E-state index contributed by atoms with van der Waals surface area (Å²) in [6.45, 7) is 2.93. The molecule has 0 saturated carbocycles. The van der Waals surface area contributed by atoms with Crippen LogP contribution in [0.15, 0.2) is 34.7 Å². The predicted molar refractivity (Wildman–Crippen MR) is 85.0 cm³/mol. The average molecular weight is 321 g/mol. The van der Waals surface area contributed by atoms with Gasteiger partial charge in [0.05, 0.1) is 10.7 Å². The molecule has 3 aromatic rings. The number of ether oxygens (including phenoxy) is 1. The first-order valence-corrected chi connectivity index (χ1v) is 7.32. The summed E-state index contributed by atoms with van der Waals surface area (Å²) in [6, 6.07) is 9.32. The fourth-order valence-corrected chi connectivity index (χ4v) is 2.52. The maximum absolute atomic E-state index is 6.13. The number of benzene rings is 1. The summed E-state index contributed by atoms with van der Waals surface area (Å²) in [4.78, 5) is 7.41. The van der Waals surface area contributed by atoms with Gasteiger partial charge in [-0.1, -0.05) is 36.0 Å². The Labute approximate surface area is 131 Å². The quantitative estimate of drug-likeness (QED) is 0.705. The zero-order chi connectivity index (χ0) is 14.8. The van der Waals surface area contributed by atoms with Crippen LogP contribution in [0.2, 0.25) is 5.02 Å². The van der Waals surface area contributed by atoms with Gasteiger partial charge in [0, 0.05) is 18.1 Å². The number of hydrogen-bond donors (Lipinski definition) is 1. The van der Waals surface area contributed by atoms with Crippen molar-refractivity contribution in [2.75, 3.05) is 6.61 Å². The zero-order valence-corrected chi connectivity index (χ0v) is 12.9. The molecule has 1 aromatic carbocycles. The van der Waals surface area contributed by atoms with E-state index < -0.39 is 0 Å². The van der Waals surface area contributed by atoms with Gasteiger partial charge in [0.15, 0.2) is 11.3 Å². The molecule has 2 aromatic heterocycles. The number of nitrogens with zero attached hydrogens (tertiary/aromatic N) is 1. The molecule has 1 N–H and O–H groups in total. The molecule has 0 atom stereocenters. The topological polar surface area (TPSA) is 51.1 Å². The van der Waals surface area contributed by atoms with Gasteiger partial charge in [-0.2, -0.15) is 0 Å². The van der Waals surface area contributed by atoms with Crippen molar-refractivity contribution in [1.82, 2.24) is 9.97 Å². The van der Waals surface area contributed by atoms with Crippen LogP contribution in [0.3, 0.4) is 0 Å². The Morgan fingerprint density at radius 1 is 1.38 bits per heavy atom. The second-order valence-electron chi connectivity index (χ2n) is 4.49. The standard InChI is InChI=1S/C15H13ClN2O2S/c1-2-19-8-13-17-11(7-14(21)18-13)12-6-9-4-3-5-10(16)15(9)20-12/h3-7H,2,8H2,1H3,(H,17,18,21). The van der Waals surface area contributed by atoms with Gasteiger partial charge in [-0.25, -0.2) is 4.98 Å². The van der Waals surface area contributed by atoms with E-state index in [1.807, 2.05) is 25.1 Å². The first kappa shape index (κ1) is 14.3. The van der Waals surface area contributed by atoms with Gasteiger partial charge < -0.3 is 14.1 Å². The van der Waals surface area contributed by atoms with Gasteiger partial charge in [0.25, 0.3) is 0 Å². The maximum Gasteiger partial charge on any atom is 0.153 e. The SMILES string of the molecule is CCOCc1nc(=S)cc(-c2cc3cccc(Cl)c3o2)[nH]1. The molecule has 0 bridgehead atoms. The molecule has 6 heteroatoms. The summed E-state index contributed by atoms with van der Waals surface area (Å²) in [5.41, 5.74) is 1.42. The smallest absolute Gasteiger partial charge is 0.153 e. The first-order chi connectivity index (χ1) is 10.2. The Kier molecular flexibility index (Phi) is 4.05. The number of rotatable bonds is 4. The first-order valence-electron chi connectivity index (χ1n) is 6.54. The van der Waals surface area contributed by atoms with Gasteiger partial charge >= 0.3 is 0 Å². The Morgan fingerprint density at radius 3 is 3.00 bits per heavy atom. The molecule has 0 amide bonds. The highest BCUT2D eigenvalue weighted by Gasteiger charge is 2.10. The van der Waals surface area contributed by atoms with Crippen molar-refractivity contribution in [2.45, 2.75) is 13.5 Å². The van der Waals surface area contributed by atoms with Gasteiger partial charge in [0.2, 0.25) is 0 Å². The summed E-state index contributed by atoms with van der Waals surface area (Å²) in [6.07, 6.45) is 0. The number of hydrogen-bond acceptors (Lipinski definition) is 4. The molecular formula is C15H13ClN2O2S. The van der Waals surface area contributed by atoms with Crippen molar-refractivity contribution in [2.24, 2.45) is 0 Å². The molecule has 21 heavy (non-hydrogen) atoms. The number of fused-ring (bicyclic) bond motifs is 1. The Morgan fingerprint density at radius 2 is 2.24 bits per heavy atom. The summed E-state index contributed by atoms with van der Waals surface area (Å²) in [7, 11) is 0. The predicted octanol–water partition coefficient (Wildman–Crippen LogP) is 4.74. The summed E-state index contributed by atoms with van der Waals surface area (Å²) in [5, 5.41) is 1.53. The minimum atomic E-state index is 0.384. The lowest BCUT2D eigenvalue weighted by Crippen LogP contribution is -2.00. The van der Waals surface area contributed by atoms with Crippen molar-refractivity contribution < 1.29 is 9.15 Å². The summed E-state index contributed by atoms with van der Waals surface area (Å²) < 4.78 is 11.7. The number of halogens is 1. The zero-order valence-electron chi connectivity index (χ0n) is 11.4. The van der Waals surface area contributed by atoms with E-state index >= 15 is 0 Å². The van der Waals surface area contributed by atoms with E-state index in [1.54, 1.807) is 12.1 Å². The summed E-state index contributed by atoms with van der Waals surface area (Å²) in [5.74, 6) is 1.34. The van der Waals surface area contributed by atoms with Crippen molar-refractivity contribution in [3.8, 4) is 11.5 Å². The maximum atomic E-state index is 6.13. The van der Waals surface area contributed by atoms with Crippen molar-refractivity contribution in [3.63, 3.8) is 0 Å². The molecular weight excluding hydrogens is 308 g/mol. The second-order valence-corrected chi connectivity index (χ2v) is 5.31. The van der Waals surface area contributed by atoms with Crippen LogP contribution in [0.5, 0.6) is 0 Å². The van der Waals surface area contributed by atoms with Gasteiger partial charge in [-0.3, -0.25) is 0 Å². The van der Waals surface area contributed by atoms with Crippen LogP contribution in [0.25, 0.3) is 22.4 Å².